The summed E-state index contributed by atoms with van der Waals surface area (Å²) >= 11 is 0. The average molecular weight is 277 g/mol. The van der Waals surface area contributed by atoms with Gasteiger partial charge >= 0.3 is 0 Å². The van der Waals surface area contributed by atoms with Crippen molar-refractivity contribution in [1.82, 2.24) is 14.8 Å². The lowest BCUT2D eigenvalue weighted by atomic mass is 10.1. The second kappa shape index (κ2) is 5.25. The van der Waals surface area contributed by atoms with Gasteiger partial charge in [-0.05, 0) is 6.07 Å². The van der Waals surface area contributed by atoms with E-state index in [0.29, 0.717) is 12.1 Å². The molecule has 104 valence electrons. The zero-order valence-corrected chi connectivity index (χ0v) is 12.0. The predicted octanol–water partition coefficient (Wildman–Crippen LogP) is 2.48. The highest BCUT2D eigenvalue weighted by Gasteiger charge is 2.13. The third-order valence-electron chi connectivity index (χ3n) is 3.43. The second-order valence-corrected chi connectivity index (χ2v) is 5.03. The highest BCUT2D eigenvalue weighted by molar-refractivity contribution is 5.94. The van der Waals surface area contributed by atoms with Crippen LogP contribution < -0.4 is 4.90 Å². The van der Waals surface area contributed by atoms with Crippen LogP contribution in [0.5, 0.6) is 0 Å². The summed E-state index contributed by atoms with van der Waals surface area (Å²) in [5, 5.41) is 14.5. The lowest BCUT2D eigenvalue weighted by molar-refractivity contribution is 0.766. The van der Waals surface area contributed by atoms with Crippen LogP contribution in [-0.4, -0.2) is 21.8 Å². The number of rotatable bonds is 3. The molecule has 3 rings (SSSR count). The van der Waals surface area contributed by atoms with Crippen LogP contribution >= 0.6 is 0 Å². The quantitative estimate of drug-likeness (QED) is 0.738. The van der Waals surface area contributed by atoms with Crippen molar-refractivity contribution in [2.45, 2.75) is 6.54 Å². The van der Waals surface area contributed by atoms with E-state index in [1.54, 1.807) is 10.9 Å². The largest absolute Gasteiger partial charge is 0.368 e. The molecular formula is C16H15N5. The number of hydrogen-bond donors (Lipinski definition) is 0. The molecule has 3 aromatic rings. The van der Waals surface area contributed by atoms with Gasteiger partial charge in [0, 0.05) is 44.0 Å². The van der Waals surface area contributed by atoms with Crippen molar-refractivity contribution in [3.05, 3.63) is 54.0 Å². The van der Waals surface area contributed by atoms with Crippen LogP contribution in [0.1, 0.15) is 11.1 Å². The van der Waals surface area contributed by atoms with Gasteiger partial charge < -0.3 is 4.90 Å². The smallest absolute Gasteiger partial charge is 0.103 e. The van der Waals surface area contributed by atoms with E-state index >= 15 is 0 Å². The lowest BCUT2D eigenvalue weighted by Crippen LogP contribution is -2.18. The van der Waals surface area contributed by atoms with Crippen LogP contribution in [0.15, 0.2) is 42.9 Å². The number of para-hydroxylation sites is 1. The molecule has 5 nitrogen and oxygen atoms in total. The van der Waals surface area contributed by atoms with Gasteiger partial charge in [-0.2, -0.15) is 10.4 Å². The summed E-state index contributed by atoms with van der Waals surface area (Å²) < 4.78 is 1.78. The molecule has 0 amide bonds. The van der Waals surface area contributed by atoms with Crippen molar-refractivity contribution in [2.75, 3.05) is 11.9 Å². The second-order valence-electron chi connectivity index (χ2n) is 5.03. The molecule has 0 saturated carbocycles. The fourth-order valence-electron chi connectivity index (χ4n) is 2.53. The Bertz CT molecular complexity index is 828. The Labute approximate surface area is 123 Å². The Morgan fingerprint density at radius 3 is 2.81 bits per heavy atom. The maximum atomic E-state index is 9.36. The van der Waals surface area contributed by atoms with E-state index in [1.807, 2.05) is 50.8 Å². The Kier molecular flexibility index (Phi) is 3.28. The summed E-state index contributed by atoms with van der Waals surface area (Å²) in [5.74, 6) is 0. The van der Waals surface area contributed by atoms with Crippen molar-refractivity contribution in [2.24, 2.45) is 7.05 Å². The molecule has 21 heavy (non-hydrogen) atoms. The topological polar surface area (TPSA) is 57.7 Å². The number of fused-ring (bicyclic) bond motifs is 1. The maximum Gasteiger partial charge on any atom is 0.103 e. The standard InChI is InChI=1S/C16H15N5/c1-20(10-12-8-19-21(2)11-12)16-13(7-17)9-18-15-6-4-3-5-14(15)16/h3-6,8-9,11H,10H2,1-2H3. The van der Waals surface area contributed by atoms with E-state index in [2.05, 4.69) is 21.1 Å². The van der Waals surface area contributed by atoms with Crippen molar-refractivity contribution >= 4 is 16.6 Å². The SMILES string of the molecule is CN(Cc1cnn(C)c1)c1c(C#N)cnc2ccccc12. The molecule has 5 heteroatoms. The maximum absolute atomic E-state index is 9.36. The summed E-state index contributed by atoms with van der Waals surface area (Å²) in [4.78, 5) is 6.41. The zero-order valence-electron chi connectivity index (χ0n) is 12.0. The van der Waals surface area contributed by atoms with Gasteiger partial charge in [-0.3, -0.25) is 9.67 Å². The molecule has 0 unspecified atom stereocenters. The fraction of sp³-hybridized carbons (Fsp3) is 0.188. The molecule has 0 spiro atoms. The molecule has 0 aliphatic rings. The van der Waals surface area contributed by atoms with E-state index in [4.69, 9.17) is 0 Å². The molecule has 0 atom stereocenters. The molecule has 0 saturated heterocycles. The summed E-state index contributed by atoms with van der Waals surface area (Å²) in [5.41, 5.74) is 3.49. The average Bonchev–Trinajstić information content (AvgIpc) is 2.90. The van der Waals surface area contributed by atoms with Gasteiger partial charge in [0.2, 0.25) is 0 Å². The zero-order chi connectivity index (χ0) is 14.8. The summed E-state index contributed by atoms with van der Waals surface area (Å²) in [6.07, 6.45) is 5.45. The molecule has 0 aliphatic carbocycles. The first kappa shape index (κ1) is 13.1. The van der Waals surface area contributed by atoms with Gasteiger partial charge in [0.1, 0.15) is 6.07 Å². The first-order valence-corrected chi connectivity index (χ1v) is 6.65. The minimum Gasteiger partial charge on any atom is -0.368 e. The van der Waals surface area contributed by atoms with E-state index < -0.39 is 0 Å². The highest BCUT2D eigenvalue weighted by Crippen LogP contribution is 2.29. The Morgan fingerprint density at radius 2 is 2.10 bits per heavy atom. The fourth-order valence-corrected chi connectivity index (χ4v) is 2.53. The molecule has 0 fully saturated rings. The van der Waals surface area contributed by atoms with E-state index in [0.717, 1.165) is 22.2 Å². The van der Waals surface area contributed by atoms with Crippen LogP contribution in [0.25, 0.3) is 10.9 Å². The van der Waals surface area contributed by atoms with Crippen molar-refractivity contribution < 1.29 is 0 Å². The number of pyridine rings is 1. The van der Waals surface area contributed by atoms with E-state index in [9.17, 15) is 5.26 Å². The number of aryl methyl sites for hydroxylation is 1. The molecular weight excluding hydrogens is 262 g/mol. The predicted molar refractivity (Wildman–Crippen MR) is 81.8 cm³/mol. The van der Waals surface area contributed by atoms with Crippen LogP contribution in [0, 0.1) is 11.3 Å². The number of benzene rings is 1. The highest BCUT2D eigenvalue weighted by atomic mass is 15.2. The van der Waals surface area contributed by atoms with Crippen molar-refractivity contribution in [1.29, 1.82) is 5.26 Å². The Morgan fingerprint density at radius 1 is 1.29 bits per heavy atom. The summed E-state index contributed by atoms with van der Waals surface area (Å²) in [7, 11) is 3.88. The molecule has 0 bridgehead atoms. The normalized spacial score (nSPS) is 10.5. The van der Waals surface area contributed by atoms with Crippen molar-refractivity contribution in [3.63, 3.8) is 0 Å². The number of aromatic nitrogens is 3. The van der Waals surface area contributed by atoms with Crippen molar-refractivity contribution in [3.8, 4) is 6.07 Å². The molecule has 0 N–H and O–H groups in total. The van der Waals surface area contributed by atoms with Gasteiger partial charge in [0.15, 0.2) is 0 Å². The molecule has 1 aromatic carbocycles. The van der Waals surface area contributed by atoms with Crippen LogP contribution in [-0.2, 0) is 13.6 Å². The third-order valence-corrected chi connectivity index (χ3v) is 3.43. The third kappa shape index (κ3) is 2.43. The minimum absolute atomic E-state index is 0.583. The van der Waals surface area contributed by atoms with E-state index in [-0.39, 0.29) is 0 Å². The van der Waals surface area contributed by atoms with Gasteiger partial charge in [-0.25, -0.2) is 0 Å². The van der Waals surface area contributed by atoms with Gasteiger partial charge in [0.25, 0.3) is 0 Å². The number of nitrogens with zero attached hydrogens (tertiary/aromatic N) is 5. The number of anilines is 1. The van der Waals surface area contributed by atoms with Crippen LogP contribution in [0.3, 0.4) is 0 Å². The molecule has 2 heterocycles. The van der Waals surface area contributed by atoms with Gasteiger partial charge in [-0.15, -0.1) is 0 Å². The molecule has 0 radical (unpaired) electrons. The van der Waals surface area contributed by atoms with Crippen LogP contribution in [0.2, 0.25) is 0 Å². The monoisotopic (exact) mass is 277 g/mol. The first-order chi connectivity index (χ1) is 10.2. The lowest BCUT2D eigenvalue weighted by Gasteiger charge is -2.21. The molecule has 0 aliphatic heterocycles. The summed E-state index contributed by atoms with van der Waals surface area (Å²) in [6.45, 7) is 0.691. The van der Waals surface area contributed by atoms with E-state index in [1.165, 1.54) is 0 Å². The Balaban J connectivity index is 2.07. The Hall–Kier alpha value is -2.87. The first-order valence-electron chi connectivity index (χ1n) is 6.65. The van der Waals surface area contributed by atoms with Gasteiger partial charge in [0.05, 0.1) is 23.0 Å². The van der Waals surface area contributed by atoms with Gasteiger partial charge in [-0.1, -0.05) is 18.2 Å². The number of nitriles is 1. The molecule has 2 aromatic heterocycles. The minimum atomic E-state index is 0.583. The summed E-state index contributed by atoms with van der Waals surface area (Å²) in [6, 6.07) is 10.1. The number of hydrogen-bond acceptors (Lipinski definition) is 4. The van der Waals surface area contributed by atoms with Crippen LogP contribution in [0.4, 0.5) is 5.69 Å².